The highest BCUT2D eigenvalue weighted by Gasteiger charge is 2.18. The fourth-order valence-electron chi connectivity index (χ4n) is 1.56. The minimum Gasteiger partial charge on any atom is -0.385 e. The lowest BCUT2D eigenvalue weighted by atomic mass is 10.2. The Morgan fingerprint density at radius 3 is 2.71 bits per heavy atom. The number of methoxy groups -OCH3 is 1. The van der Waals surface area contributed by atoms with E-state index in [9.17, 15) is 9.59 Å². The molecule has 0 aromatic carbocycles. The van der Waals surface area contributed by atoms with Crippen LogP contribution < -0.4 is 5.32 Å². The van der Waals surface area contributed by atoms with Crippen molar-refractivity contribution in [2.45, 2.75) is 6.42 Å². The molecule has 1 N–H and O–H groups in total. The van der Waals surface area contributed by atoms with Crippen molar-refractivity contribution in [2.24, 2.45) is 0 Å². The van der Waals surface area contributed by atoms with E-state index >= 15 is 0 Å². The zero-order valence-corrected chi connectivity index (χ0v) is 13.4. The highest BCUT2D eigenvalue weighted by atomic mass is 35.5. The average molecular weight is 334 g/mol. The number of carbonyl (C=O) groups excluding carboxylic acids is 2. The first-order valence-corrected chi connectivity index (χ1v) is 7.04. The van der Waals surface area contributed by atoms with Gasteiger partial charge in [0.2, 0.25) is 5.91 Å². The molecule has 0 saturated heterocycles. The molecule has 8 heteroatoms. The standard InChI is InChI=1S/C13H17Cl2N3O3/c1-18(8-11(19)16-6-3-7-21-2)13(20)9-4-5-10(14)17-12(9)15/h4-5H,3,6-8H2,1-2H3,(H,16,19). The number of hydrogen-bond acceptors (Lipinski definition) is 4. The van der Waals surface area contributed by atoms with Gasteiger partial charge < -0.3 is 15.0 Å². The number of halogens is 2. The highest BCUT2D eigenvalue weighted by Crippen LogP contribution is 2.17. The molecule has 1 heterocycles. The van der Waals surface area contributed by atoms with Gasteiger partial charge >= 0.3 is 0 Å². The van der Waals surface area contributed by atoms with Crippen LogP contribution in [0.3, 0.4) is 0 Å². The molecule has 0 atom stereocenters. The van der Waals surface area contributed by atoms with Crippen LogP contribution in [0.15, 0.2) is 12.1 Å². The summed E-state index contributed by atoms with van der Waals surface area (Å²) < 4.78 is 4.88. The van der Waals surface area contributed by atoms with E-state index in [2.05, 4.69) is 10.3 Å². The van der Waals surface area contributed by atoms with E-state index in [4.69, 9.17) is 27.9 Å². The summed E-state index contributed by atoms with van der Waals surface area (Å²) >= 11 is 11.5. The minimum atomic E-state index is -0.392. The van der Waals surface area contributed by atoms with Crippen LogP contribution >= 0.6 is 23.2 Å². The zero-order chi connectivity index (χ0) is 15.8. The summed E-state index contributed by atoms with van der Waals surface area (Å²) in [6, 6.07) is 2.95. The fourth-order valence-corrected chi connectivity index (χ4v) is 1.99. The van der Waals surface area contributed by atoms with Crippen molar-refractivity contribution in [3.05, 3.63) is 28.0 Å². The number of ether oxygens (including phenoxy) is 1. The summed E-state index contributed by atoms with van der Waals surface area (Å²) in [6.45, 7) is 1.00. The molecule has 0 fully saturated rings. The molecule has 0 saturated carbocycles. The molecule has 1 rings (SSSR count). The molecule has 0 bridgehead atoms. The Hall–Kier alpha value is -1.37. The van der Waals surface area contributed by atoms with E-state index in [0.717, 1.165) is 0 Å². The molecule has 0 aliphatic carbocycles. The molecular formula is C13H17Cl2N3O3. The smallest absolute Gasteiger partial charge is 0.257 e. The monoisotopic (exact) mass is 333 g/mol. The van der Waals surface area contributed by atoms with Crippen molar-refractivity contribution in [2.75, 3.05) is 33.9 Å². The third-order valence-corrected chi connectivity index (χ3v) is 3.12. The number of likely N-dealkylation sites (N-methyl/N-ethyl adjacent to an activating group) is 1. The maximum absolute atomic E-state index is 12.1. The number of nitrogens with one attached hydrogen (secondary N) is 1. The number of amides is 2. The quantitative estimate of drug-likeness (QED) is 0.607. The van der Waals surface area contributed by atoms with Gasteiger partial charge in [-0.3, -0.25) is 9.59 Å². The molecule has 1 aromatic heterocycles. The van der Waals surface area contributed by atoms with Crippen LogP contribution in [0.1, 0.15) is 16.8 Å². The topological polar surface area (TPSA) is 71.5 Å². The van der Waals surface area contributed by atoms with Gasteiger partial charge in [-0.25, -0.2) is 4.98 Å². The summed E-state index contributed by atoms with van der Waals surface area (Å²) in [6.07, 6.45) is 0.715. The maximum Gasteiger partial charge on any atom is 0.257 e. The van der Waals surface area contributed by atoms with E-state index in [1.807, 2.05) is 0 Å². The van der Waals surface area contributed by atoms with Gasteiger partial charge in [0.05, 0.1) is 12.1 Å². The molecule has 0 spiro atoms. The second kappa shape index (κ2) is 8.81. The largest absolute Gasteiger partial charge is 0.385 e. The van der Waals surface area contributed by atoms with Crippen LogP contribution in [-0.4, -0.2) is 55.6 Å². The molecular weight excluding hydrogens is 317 g/mol. The van der Waals surface area contributed by atoms with Crippen molar-refractivity contribution >= 4 is 35.0 Å². The Morgan fingerprint density at radius 2 is 2.10 bits per heavy atom. The second-order valence-electron chi connectivity index (χ2n) is 4.33. The fraction of sp³-hybridized carbons (Fsp3) is 0.462. The number of pyridine rings is 1. The van der Waals surface area contributed by atoms with Gasteiger partial charge in [-0.2, -0.15) is 0 Å². The third-order valence-electron chi connectivity index (χ3n) is 2.62. The first-order valence-electron chi connectivity index (χ1n) is 6.29. The minimum absolute atomic E-state index is 0.0138. The Balaban J connectivity index is 2.52. The van der Waals surface area contributed by atoms with Crippen LogP contribution in [-0.2, 0) is 9.53 Å². The Kier molecular flexibility index (Phi) is 7.42. The van der Waals surface area contributed by atoms with Gasteiger partial charge in [0.1, 0.15) is 10.3 Å². The zero-order valence-electron chi connectivity index (χ0n) is 11.9. The summed E-state index contributed by atoms with van der Waals surface area (Å²) in [7, 11) is 3.11. The van der Waals surface area contributed by atoms with Crippen LogP contribution in [0.2, 0.25) is 10.3 Å². The van der Waals surface area contributed by atoms with Gasteiger partial charge in [-0.15, -0.1) is 0 Å². The van der Waals surface area contributed by atoms with E-state index < -0.39 is 5.91 Å². The third kappa shape index (κ3) is 5.87. The Morgan fingerprint density at radius 1 is 1.38 bits per heavy atom. The Labute approximate surface area is 133 Å². The van der Waals surface area contributed by atoms with Gasteiger partial charge in [0.25, 0.3) is 5.91 Å². The molecule has 0 aliphatic heterocycles. The molecule has 0 radical (unpaired) electrons. The highest BCUT2D eigenvalue weighted by molar-refractivity contribution is 6.34. The average Bonchev–Trinajstić information content (AvgIpc) is 2.43. The van der Waals surface area contributed by atoms with Crippen LogP contribution in [0.4, 0.5) is 0 Å². The van der Waals surface area contributed by atoms with Crippen molar-refractivity contribution in [3.8, 4) is 0 Å². The molecule has 2 amide bonds. The van der Waals surface area contributed by atoms with Crippen molar-refractivity contribution in [1.82, 2.24) is 15.2 Å². The molecule has 21 heavy (non-hydrogen) atoms. The van der Waals surface area contributed by atoms with E-state index in [1.165, 1.54) is 24.1 Å². The van der Waals surface area contributed by atoms with E-state index in [0.29, 0.717) is 19.6 Å². The molecule has 0 unspecified atom stereocenters. The molecule has 116 valence electrons. The SMILES string of the molecule is COCCCNC(=O)CN(C)C(=O)c1ccc(Cl)nc1Cl. The Bertz CT molecular complexity index is 511. The first-order chi connectivity index (χ1) is 9.95. The van der Waals surface area contributed by atoms with Gasteiger partial charge in [0.15, 0.2) is 0 Å². The predicted molar refractivity (Wildman–Crippen MR) is 80.7 cm³/mol. The van der Waals surface area contributed by atoms with Crippen molar-refractivity contribution in [1.29, 1.82) is 0 Å². The molecule has 1 aromatic rings. The predicted octanol–water partition coefficient (Wildman–Crippen LogP) is 1.61. The summed E-state index contributed by atoms with van der Waals surface area (Å²) in [4.78, 5) is 28.9. The summed E-state index contributed by atoms with van der Waals surface area (Å²) in [5.74, 6) is -0.642. The van der Waals surface area contributed by atoms with Gasteiger partial charge in [0, 0.05) is 27.3 Å². The van der Waals surface area contributed by atoms with E-state index in [1.54, 1.807) is 7.11 Å². The molecule has 6 nitrogen and oxygen atoms in total. The lowest BCUT2D eigenvalue weighted by Crippen LogP contribution is -2.39. The lowest BCUT2D eigenvalue weighted by molar-refractivity contribution is -0.121. The van der Waals surface area contributed by atoms with E-state index in [-0.39, 0.29) is 28.3 Å². The number of carbonyl (C=O) groups is 2. The summed E-state index contributed by atoms with van der Waals surface area (Å²) in [5, 5.41) is 2.91. The van der Waals surface area contributed by atoms with Gasteiger partial charge in [-0.05, 0) is 18.6 Å². The van der Waals surface area contributed by atoms with Crippen molar-refractivity contribution in [3.63, 3.8) is 0 Å². The van der Waals surface area contributed by atoms with Crippen LogP contribution in [0, 0.1) is 0 Å². The normalized spacial score (nSPS) is 10.3. The number of nitrogens with zero attached hydrogens (tertiary/aromatic N) is 2. The lowest BCUT2D eigenvalue weighted by Gasteiger charge is -2.17. The number of rotatable bonds is 7. The number of hydrogen-bond donors (Lipinski definition) is 1. The summed E-state index contributed by atoms with van der Waals surface area (Å²) in [5.41, 5.74) is 0.204. The second-order valence-corrected chi connectivity index (χ2v) is 5.08. The first kappa shape index (κ1) is 17.7. The number of aromatic nitrogens is 1. The van der Waals surface area contributed by atoms with Crippen LogP contribution in [0.5, 0.6) is 0 Å². The van der Waals surface area contributed by atoms with Crippen molar-refractivity contribution < 1.29 is 14.3 Å². The van der Waals surface area contributed by atoms with Crippen LogP contribution in [0.25, 0.3) is 0 Å². The van der Waals surface area contributed by atoms with Gasteiger partial charge in [-0.1, -0.05) is 23.2 Å². The molecule has 0 aliphatic rings. The maximum atomic E-state index is 12.1.